The molecule has 1 amide bonds. The summed E-state index contributed by atoms with van der Waals surface area (Å²) >= 11 is 7.86. The average molecular weight is 509 g/mol. The zero-order valence-corrected chi connectivity index (χ0v) is 20.7. The summed E-state index contributed by atoms with van der Waals surface area (Å²) in [6.07, 6.45) is 1.09. The smallest absolute Gasteiger partial charge is 0.254 e. The van der Waals surface area contributed by atoms with E-state index < -0.39 is 10.0 Å². The fourth-order valence-electron chi connectivity index (χ4n) is 3.86. The van der Waals surface area contributed by atoms with Crippen molar-refractivity contribution >= 4 is 38.9 Å². The van der Waals surface area contributed by atoms with Gasteiger partial charge in [-0.25, -0.2) is 8.42 Å². The minimum Gasteiger partial charge on any atom is -0.467 e. The number of nitrogens with zero attached hydrogens (tertiary/aromatic N) is 2. The Bertz CT molecular complexity index is 1150. The number of amides is 1. The summed E-state index contributed by atoms with van der Waals surface area (Å²) in [6, 6.07) is 11.8. The highest BCUT2D eigenvalue weighted by atomic mass is 35.5. The number of benzene rings is 1. The van der Waals surface area contributed by atoms with Gasteiger partial charge in [-0.1, -0.05) is 17.7 Å². The molecule has 1 aromatic carbocycles. The van der Waals surface area contributed by atoms with Crippen LogP contribution in [0.1, 0.15) is 34.8 Å². The predicted octanol–water partition coefficient (Wildman–Crippen LogP) is 4.64. The Morgan fingerprint density at radius 1 is 1.15 bits per heavy atom. The van der Waals surface area contributed by atoms with Crippen LogP contribution in [0.4, 0.5) is 0 Å². The molecule has 7 nitrogen and oxygen atoms in total. The maximum Gasteiger partial charge on any atom is 0.254 e. The highest BCUT2D eigenvalue weighted by molar-refractivity contribution is 7.89. The third-order valence-corrected chi connectivity index (χ3v) is 8.50. The molecule has 0 aliphatic carbocycles. The molecule has 0 N–H and O–H groups in total. The Morgan fingerprint density at radius 3 is 2.55 bits per heavy atom. The van der Waals surface area contributed by atoms with Gasteiger partial charge in [-0.05, 0) is 55.6 Å². The number of hydrogen-bond donors (Lipinski definition) is 0. The third-order valence-electron chi connectivity index (χ3n) is 5.32. The van der Waals surface area contributed by atoms with E-state index in [1.54, 1.807) is 40.7 Å². The molecule has 33 heavy (non-hydrogen) atoms. The number of rotatable bonds is 7. The van der Waals surface area contributed by atoms with Gasteiger partial charge in [0, 0.05) is 23.5 Å². The summed E-state index contributed by atoms with van der Waals surface area (Å²) in [7, 11) is -3.91. The fourth-order valence-corrected chi connectivity index (χ4v) is 6.67. The SMILES string of the molecule is CC1CN(S(=O)(=O)c2cc(C(=O)N(Cc3ccco3)Cc3cccs3)ccc2Cl)CC(C)O1. The van der Waals surface area contributed by atoms with E-state index in [-0.39, 0.29) is 53.2 Å². The van der Waals surface area contributed by atoms with Gasteiger partial charge in [0.2, 0.25) is 10.0 Å². The van der Waals surface area contributed by atoms with Crippen molar-refractivity contribution in [1.82, 2.24) is 9.21 Å². The number of carbonyl (C=O) groups is 1. The third kappa shape index (κ3) is 5.50. The first kappa shape index (κ1) is 24.0. The van der Waals surface area contributed by atoms with E-state index in [2.05, 4.69) is 0 Å². The predicted molar refractivity (Wildman–Crippen MR) is 127 cm³/mol. The zero-order valence-electron chi connectivity index (χ0n) is 18.3. The molecule has 1 saturated heterocycles. The Kier molecular flexibility index (Phi) is 7.25. The van der Waals surface area contributed by atoms with Crippen LogP contribution in [0.15, 0.2) is 63.4 Å². The molecule has 1 aliphatic rings. The standard InChI is InChI=1S/C23H25ClN2O5S2/c1-16-12-26(13-17(2)31-16)33(28,29)22-11-18(7-8-21(22)24)23(27)25(14-19-5-3-9-30-19)15-20-6-4-10-32-20/h3-11,16-17H,12-15H2,1-2H3. The summed E-state index contributed by atoms with van der Waals surface area (Å²) in [5.74, 6) is 0.328. The Labute approximate surface area is 202 Å². The van der Waals surface area contributed by atoms with Crippen molar-refractivity contribution in [2.24, 2.45) is 0 Å². The van der Waals surface area contributed by atoms with Gasteiger partial charge in [0.15, 0.2) is 0 Å². The number of sulfonamides is 1. The molecule has 176 valence electrons. The molecular formula is C23H25ClN2O5S2. The molecule has 4 rings (SSSR count). The lowest BCUT2D eigenvalue weighted by Gasteiger charge is -2.34. The largest absolute Gasteiger partial charge is 0.467 e. The Hall–Kier alpha value is -2.17. The summed E-state index contributed by atoms with van der Waals surface area (Å²) in [5, 5.41) is 2.02. The summed E-state index contributed by atoms with van der Waals surface area (Å²) in [6.45, 7) is 4.75. The van der Waals surface area contributed by atoms with Crippen molar-refractivity contribution < 1.29 is 22.4 Å². The second kappa shape index (κ2) is 9.99. The highest BCUT2D eigenvalue weighted by Gasteiger charge is 2.34. The van der Waals surface area contributed by atoms with E-state index in [0.29, 0.717) is 12.3 Å². The lowest BCUT2D eigenvalue weighted by atomic mass is 10.2. The van der Waals surface area contributed by atoms with E-state index in [0.717, 1.165) is 4.88 Å². The molecule has 2 aromatic heterocycles. The van der Waals surface area contributed by atoms with Gasteiger partial charge in [-0.15, -0.1) is 11.3 Å². The van der Waals surface area contributed by atoms with Crippen molar-refractivity contribution in [2.75, 3.05) is 13.1 Å². The molecule has 0 bridgehead atoms. The highest BCUT2D eigenvalue weighted by Crippen LogP contribution is 2.29. The Balaban J connectivity index is 1.65. The second-order valence-electron chi connectivity index (χ2n) is 8.04. The number of hydrogen-bond acceptors (Lipinski definition) is 6. The van der Waals surface area contributed by atoms with Gasteiger partial charge < -0.3 is 14.1 Å². The quantitative estimate of drug-likeness (QED) is 0.464. The van der Waals surface area contributed by atoms with Crippen molar-refractivity contribution in [2.45, 2.75) is 44.0 Å². The average Bonchev–Trinajstić information content (AvgIpc) is 3.47. The first-order chi connectivity index (χ1) is 15.7. The molecule has 0 spiro atoms. The number of thiophene rings is 1. The maximum atomic E-state index is 13.5. The molecule has 3 heterocycles. The molecule has 1 fully saturated rings. The maximum absolute atomic E-state index is 13.5. The van der Waals surface area contributed by atoms with E-state index in [4.69, 9.17) is 20.8 Å². The molecule has 0 radical (unpaired) electrons. The van der Waals surface area contributed by atoms with E-state index >= 15 is 0 Å². The lowest BCUT2D eigenvalue weighted by Crippen LogP contribution is -2.48. The minimum absolute atomic E-state index is 0.0780. The minimum atomic E-state index is -3.91. The van der Waals surface area contributed by atoms with Gasteiger partial charge in [0.25, 0.3) is 5.91 Å². The first-order valence-electron chi connectivity index (χ1n) is 10.5. The normalized spacial score (nSPS) is 19.5. The van der Waals surface area contributed by atoms with E-state index in [1.807, 2.05) is 31.4 Å². The van der Waals surface area contributed by atoms with Crippen LogP contribution in [0, 0.1) is 0 Å². The molecular weight excluding hydrogens is 484 g/mol. The van der Waals surface area contributed by atoms with Crippen LogP contribution in [0.5, 0.6) is 0 Å². The topological polar surface area (TPSA) is 80.1 Å². The molecule has 1 aliphatic heterocycles. The molecule has 0 saturated carbocycles. The van der Waals surface area contributed by atoms with Crippen LogP contribution in [0.2, 0.25) is 5.02 Å². The van der Waals surface area contributed by atoms with Gasteiger partial charge in [-0.2, -0.15) is 4.31 Å². The van der Waals surface area contributed by atoms with E-state index in [9.17, 15) is 13.2 Å². The monoisotopic (exact) mass is 508 g/mol. The second-order valence-corrected chi connectivity index (χ2v) is 11.4. The van der Waals surface area contributed by atoms with Crippen LogP contribution < -0.4 is 0 Å². The Morgan fingerprint density at radius 2 is 1.91 bits per heavy atom. The summed E-state index contributed by atoms with van der Waals surface area (Å²) in [5.41, 5.74) is 0.246. The number of morpholine rings is 1. The number of ether oxygens (including phenoxy) is 1. The van der Waals surface area contributed by atoms with Gasteiger partial charge in [-0.3, -0.25) is 4.79 Å². The summed E-state index contributed by atoms with van der Waals surface area (Å²) in [4.78, 5) is 16.0. The molecule has 3 aromatic rings. The lowest BCUT2D eigenvalue weighted by molar-refractivity contribution is -0.0440. The van der Waals surface area contributed by atoms with Crippen molar-refractivity contribution in [3.05, 3.63) is 75.3 Å². The van der Waals surface area contributed by atoms with Crippen LogP contribution in [0.25, 0.3) is 0 Å². The van der Waals surface area contributed by atoms with Crippen molar-refractivity contribution in [3.8, 4) is 0 Å². The number of halogens is 1. The summed E-state index contributed by atoms with van der Waals surface area (Å²) < 4.78 is 39.3. The van der Waals surface area contributed by atoms with E-state index in [1.165, 1.54) is 16.4 Å². The van der Waals surface area contributed by atoms with Crippen LogP contribution in [0.3, 0.4) is 0 Å². The van der Waals surface area contributed by atoms with Gasteiger partial charge in [0.1, 0.15) is 10.7 Å². The molecule has 10 heteroatoms. The van der Waals surface area contributed by atoms with Gasteiger partial charge >= 0.3 is 0 Å². The number of furan rings is 1. The first-order valence-corrected chi connectivity index (χ1v) is 13.2. The van der Waals surface area contributed by atoms with Crippen LogP contribution in [-0.4, -0.2) is 48.8 Å². The zero-order chi connectivity index (χ0) is 23.6. The fraction of sp³-hybridized carbons (Fsp3) is 0.348. The molecule has 2 unspecified atom stereocenters. The number of carbonyl (C=O) groups excluding carboxylic acids is 1. The van der Waals surface area contributed by atoms with Crippen molar-refractivity contribution in [1.29, 1.82) is 0 Å². The van der Waals surface area contributed by atoms with Gasteiger partial charge in [0.05, 0.1) is 36.6 Å². The van der Waals surface area contributed by atoms with Crippen LogP contribution in [-0.2, 0) is 27.8 Å². The molecule has 2 atom stereocenters. The van der Waals surface area contributed by atoms with Crippen molar-refractivity contribution in [3.63, 3.8) is 0 Å². The van der Waals surface area contributed by atoms with Crippen LogP contribution >= 0.6 is 22.9 Å².